The van der Waals surface area contributed by atoms with Crippen molar-refractivity contribution in [3.8, 4) is 6.07 Å². The first kappa shape index (κ1) is 19.1. The lowest BCUT2D eigenvalue weighted by molar-refractivity contribution is 0.102. The molecule has 5 heteroatoms. The highest BCUT2D eigenvalue weighted by Gasteiger charge is 2.12. The molecule has 0 fully saturated rings. The zero-order valence-electron chi connectivity index (χ0n) is 16.2. The van der Waals surface area contributed by atoms with Crippen molar-refractivity contribution >= 4 is 23.0 Å². The number of nitrogens with zero attached hydrogens (tertiary/aromatic N) is 2. The van der Waals surface area contributed by atoms with Crippen molar-refractivity contribution in [2.24, 2.45) is 0 Å². The van der Waals surface area contributed by atoms with Crippen LogP contribution in [0.25, 0.3) is 0 Å². The van der Waals surface area contributed by atoms with Gasteiger partial charge < -0.3 is 10.6 Å². The van der Waals surface area contributed by atoms with Crippen LogP contribution < -0.4 is 10.6 Å². The Bertz CT molecular complexity index is 1030. The first-order chi connectivity index (χ1) is 13.5. The van der Waals surface area contributed by atoms with Crippen LogP contribution >= 0.6 is 0 Å². The second-order valence-electron chi connectivity index (χ2n) is 6.92. The van der Waals surface area contributed by atoms with Crippen LogP contribution in [0.3, 0.4) is 0 Å². The number of nitrogens with one attached hydrogen (secondary N) is 2. The van der Waals surface area contributed by atoms with Crippen LogP contribution in [0.2, 0.25) is 0 Å². The van der Waals surface area contributed by atoms with Gasteiger partial charge in [-0.3, -0.25) is 9.78 Å². The average Bonchev–Trinajstić information content (AvgIpc) is 2.70. The number of carbonyl (C=O) groups is 1. The molecule has 5 nitrogen and oxygen atoms in total. The molecule has 2 N–H and O–H groups in total. The van der Waals surface area contributed by atoms with Crippen LogP contribution in [0.15, 0.2) is 60.9 Å². The van der Waals surface area contributed by atoms with Gasteiger partial charge in [-0.2, -0.15) is 5.26 Å². The smallest absolute Gasteiger partial charge is 0.257 e. The molecule has 3 rings (SSSR count). The maximum atomic E-state index is 12.6. The summed E-state index contributed by atoms with van der Waals surface area (Å²) in [6, 6.07) is 16.8. The second kappa shape index (κ2) is 8.36. The highest BCUT2D eigenvalue weighted by Crippen LogP contribution is 2.30. The Kier molecular flexibility index (Phi) is 5.71. The summed E-state index contributed by atoms with van der Waals surface area (Å²) in [6.07, 6.45) is 3.24. The summed E-state index contributed by atoms with van der Waals surface area (Å²) >= 11 is 0. The predicted molar refractivity (Wildman–Crippen MR) is 112 cm³/mol. The molecule has 0 unspecified atom stereocenters. The molecule has 0 bridgehead atoms. The van der Waals surface area contributed by atoms with Crippen molar-refractivity contribution in [2.45, 2.75) is 26.7 Å². The Hall–Kier alpha value is -3.65. The van der Waals surface area contributed by atoms with E-state index in [9.17, 15) is 4.79 Å². The number of hydrogen-bond donors (Lipinski definition) is 2. The molecule has 2 aromatic carbocycles. The third-order valence-electron chi connectivity index (χ3n) is 4.47. The van der Waals surface area contributed by atoms with Crippen LogP contribution in [0.1, 0.15) is 46.8 Å². The van der Waals surface area contributed by atoms with Gasteiger partial charge in [-0.25, -0.2) is 0 Å². The number of anilines is 3. The third kappa shape index (κ3) is 4.36. The number of amides is 1. The van der Waals surface area contributed by atoms with E-state index < -0.39 is 0 Å². The Balaban J connectivity index is 1.81. The van der Waals surface area contributed by atoms with E-state index in [0.717, 1.165) is 16.9 Å². The largest absolute Gasteiger partial charge is 0.354 e. The van der Waals surface area contributed by atoms with Gasteiger partial charge in [0.2, 0.25) is 0 Å². The van der Waals surface area contributed by atoms with E-state index in [-0.39, 0.29) is 5.91 Å². The normalized spacial score (nSPS) is 10.4. The van der Waals surface area contributed by atoms with Gasteiger partial charge in [0.05, 0.1) is 29.1 Å². The lowest BCUT2D eigenvalue weighted by Crippen LogP contribution is -2.12. The van der Waals surface area contributed by atoms with Gasteiger partial charge in [-0.05, 0) is 54.3 Å². The summed E-state index contributed by atoms with van der Waals surface area (Å²) in [4.78, 5) is 16.8. The first-order valence-electron chi connectivity index (χ1n) is 9.11. The molecule has 0 saturated heterocycles. The second-order valence-corrected chi connectivity index (χ2v) is 6.92. The molecule has 1 aromatic heterocycles. The highest BCUT2D eigenvalue weighted by molar-refractivity contribution is 6.04. The molecule has 1 amide bonds. The summed E-state index contributed by atoms with van der Waals surface area (Å²) in [7, 11) is 0. The summed E-state index contributed by atoms with van der Waals surface area (Å²) in [6.45, 7) is 6.36. The van der Waals surface area contributed by atoms with Crippen LogP contribution in [-0.4, -0.2) is 10.9 Å². The first-order valence-corrected chi connectivity index (χ1v) is 9.11. The van der Waals surface area contributed by atoms with E-state index >= 15 is 0 Å². The Labute approximate surface area is 165 Å². The van der Waals surface area contributed by atoms with E-state index in [0.29, 0.717) is 22.7 Å². The van der Waals surface area contributed by atoms with Gasteiger partial charge >= 0.3 is 0 Å². The Morgan fingerprint density at radius 2 is 1.82 bits per heavy atom. The Morgan fingerprint density at radius 1 is 1.07 bits per heavy atom. The molecule has 0 aliphatic heterocycles. The predicted octanol–water partition coefficient (Wildman–Crippen LogP) is 5.38. The maximum Gasteiger partial charge on any atom is 0.257 e. The van der Waals surface area contributed by atoms with Crippen molar-refractivity contribution in [1.29, 1.82) is 5.26 Å². The van der Waals surface area contributed by atoms with Gasteiger partial charge in [0.25, 0.3) is 5.91 Å². The SMILES string of the molecule is Cc1cccc(C(C)C)c1Nc1cncc(C(=O)Nc2ccc(C#N)cc2)c1. The van der Waals surface area contributed by atoms with E-state index in [2.05, 4.69) is 60.7 Å². The molecule has 140 valence electrons. The van der Waals surface area contributed by atoms with E-state index in [4.69, 9.17) is 5.26 Å². The van der Waals surface area contributed by atoms with Crippen molar-refractivity contribution in [2.75, 3.05) is 10.6 Å². The van der Waals surface area contributed by atoms with E-state index in [1.165, 1.54) is 11.8 Å². The zero-order valence-corrected chi connectivity index (χ0v) is 16.2. The monoisotopic (exact) mass is 370 g/mol. The molecule has 28 heavy (non-hydrogen) atoms. The summed E-state index contributed by atoms with van der Waals surface area (Å²) in [5, 5.41) is 15.1. The zero-order chi connectivity index (χ0) is 20.1. The highest BCUT2D eigenvalue weighted by atomic mass is 16.1. The molecule has 0 aliphatic carbocycles. The molecule has 3 aromatic rings. The lowest BCUT2D eigenvalue weighted by Gasteiger charge is -2.17. The van der Waals surface area contributed by atoms with Crippen LogP contribution in [0.4, 0.5) is 17.1 Å². The van der Waals surface area contributed by atoms with Crippen LogP contribution in [0, 0.1) is 18.3 Å². The minimum atomic E-state index is -0.255. The number of nitriles is 1. The number of aryl methyl sites for hydroxylation is 1. The van der Waals surface area contributed by atoms with E-state index in [1.54, 1.807) is 36.5 Å². The van der Waals surface area contributed by atoms with Crippen molar-refractivity contribution in [3.63, 3.8) is 0 Å². The topological polar surface area (TPSA) is 77.8 Å². The molecule has 0 atom stereocenters. The number of aromatic nitrogens is 1. The minimum absolute atomic E-state index is 0.255. The molecular weight excluding hydrogens is 348 g/mol. The molecule has 1 heterocycles. The van der Waals surface area contributed by atoms with Gasteiger partial charge in [0.15, 0.2) is 0 Å². The number of hydrogen-bond acceptors (Lipinski definition) is 4. The minimum Gasteiger partial charge on any atom is -0.354 e. The van der Waals surface area contributed by atoms with Crippen molar-refractivity contribution < 1.29 is 4.79 Å². The molecule has 0 saturated carbocycles. The summed E-state index contributed by atoms with van der Waals surface area (Å²) in [5.41, 5.74) is 5.78. The molecule has 0 spiro atoms. The van der Waals surface area contributed by atoms with Crippen molar-refractivity contribution in [3.05, 3.63) is 83.2 Å². The Morgan fingerprint density at radius 3 is 2.50 bits per heavy atom. The van der Waals surface area contributed by atoms with Gasteiger partial charge in [0, 0.05) is 17.6 Å². The fourth-order valence-corrected chi connectivity index (χ4v) is 2.95. The summed E-state index contributed by atoms with van der Waals surface area (Å²) < 4.78 is 0. The molecule has 0 radical (unpaired) electrons. The number of benzene rings is 2. The van der Waals surface area contributed by atoms with Crippen LogP contribution in [-0.2, 0) is 0 Å². The number of carbonyl (C=O) groups excluding carboxylic acids is 1. The van der Waals surface area contributed by atoms with Gasteiger partial charge in [-0.15, -0.1) is 0 Å². The number of para-hydroxylation sites is 1. The van der Waals surface area contributed by atoms with E-state index in [1.807, 2.05) is 0 Å². The van der Waals surface area contributed by atoms with Gasteiger partial charge in [-0.1, -0.05) is 32.0 Å². The summed E-state index contributed by atoms with van der Waals surface area (Å²) in [5.74, 6) is 0.118. The number of pyridine rings is 1. The standard InChI is InChI=1S/C23H22N4O/c1-15(2)21-6-4-5-16(3)22(21)26-20-11-18(13-25-14-20)23(28)27-19-9-7-17(12-24)8-10-19/h4-11,13-15,26H,1-3H3,(H,27,28). The third-order valence-corrected chi connectivity index (χ3v) is 4.47. The van der Waals surface area contributed by atoms with Gasteiger partial charge in [0.1, 0.15) is 0 Å². The molecule has 0 aliphatic rings. The maximum absolute atomic E-state index is 12.6. The fraction of sp³-hybridized carbons (Fsp3) is 0.174. The van der Waals surface area contributed by atoms with Crippen molar-refractivity contribution in [1.82, 2.24) is 4.98 Å². The molecular formula is C23H22N4O. The quantitative estimate of drug-likeness (QED) is 0.632. The average molecular weight is 370 g/mol. The fourth-order valence-electron chi connectivity index (χ4n) is 2.95. The van der Waals surface area contributed by atoms with Crippen LogP contribution in [0.5, 0.6) is 0 Å². The lowest BCUT2D eigenvalue weighted by atomic mass is 9.98. The number of rotatable bonds is 5.